The first-order valence-corrected chi connectivity index (χ1v) is 6.46. The predicted octanol–water partition coefficient (Wildman–Crippen LogP) is 4.44. The molecule has 2 aromatic carbocycles. The van der Waals surface area contributed by atoms with E-state index in [1.54, 1.807) is 0 Å². The molecule has 0 N–H and O–H groups in total. The zero-order valence-corrected chi connectivity index (χ0v) is 10.9. The molecule has 0 amide bonds. The quantitative estimate of drug-likeness (QED) is 0.682. The van der Waals surface area contributed by atoms with Crippen molar-refractivity contribution in [2.24, 2.45) is 0 Å². The van der Waals surface area contributed by atoms with Crippen LogP contribution >= 0.6 is 22.6 Å². The molecule has 16 heavy (non-hydrogen) atoms. The van der Waals surface area contributed by atoms with Gasteiger partial charge in [0.2, 0.25) is 0 Å². The van der Waals surface area contributed by atoms with Gasteiger partial charge in [-0.1, -0.05) is 54.6 Å². The summed E-state index contributed by atoms with van der Waals surface area (Å²) in [6.07, 6.45) is 1.08. The zero-order chi connectivity index (χ0) is 11.0. The zero-order valence-electron chi connectivity index (χ0n) is 8.78. The maximum Gasteiger partial charge on any atom is 0.00451 e. The topological polar surface area (TPSA) is 0 Å². The third-order valence-corrected chi connectivity index (χ3v) is 3.89. The van der Waals surface area contributed by atoms with E-state index < -0.39 is 0 Å². The van der Waals surface area contributed by atoms with E-state index >= 15 is 0 Å². The molecular formula is C15H11I. The summed E-state index contributed by atoms with van der Waals surface area (Å²) in [7, 11) is 0. The summed E-state index contributed by atoms with van der Waals surface area (Å²) in [5.74, 6) is 0. The van der Waals surface area contributed by atoms with Gasteiger partial charge in [0.05, 0.1) is 0 Å². The fraction of sp³-hybridized carbons (Fsp3) is 0.0667. The van der Waals surface area contributed by atoms with Gasteiger partial charge in [-0.05, 0) is 44.9 Å². The van der Waals surface area contributed by atoms with Gasteiger partial charge >= 0.3 is 0 Å². The Morgan fingerprint density at radius 1 is 0.812 bits per heavy atom. The average molecular weight is 318 g/mol. The molecule has 2 aromatic rings. The fourth-order valence-corrected chi connectivity index (χ4v) is 3.25. The second kappa shape index (κ2) is 4.06. The van der Waals surface area contributed by atoms with Crippen LogP contribution in [0, 0.1) is 0 Å². The SMILES string of the molecule is IC1=C(c2ccccc2)c2ccccc2C1. The summed E-state index contributed by atoms with van der Waals surface area (Å²) < 4.78 is 1.45. The van der Waals surface area contributed by atoms with E-state index in [4.69, 9.17) is 0 Å². The lowest BCUT2D eigenvalue weighted by Gasteiger charge is -2.05. The van der Waals surface area contributed by atoms with Crippen molar-refractivity contribution in [3.8, 4) is 0 Å². The predicted molar refractivity (Wildman–Crippen MR) is 76.6 cm³/mol. The molecule has 0 saturated heterocycles. The van der Waals surface area contributed by atoms with E-state index in [0.29, 0.717) is 0 Å². The Morgan fingerprint density at radius 2 is 1.50 bits per heavy atom. The second-order valence-corrected chi connectivity index (χ2v) is 5.28. The van der Waals surface area contributed by atoms with E-state index in [-0.39, 0.29) is 0 Å². The summed E-state index contributed by atoms with van der Waals surface area (Å²) >= 11 is 2.47. The summed E-state index contributed by atoms with van der Waals surface area (Å²) in [5, 5.41) is 0. The average Bonchev–Trinajstić information content (AvgIpc) is 2.66. The molecule has 0 spiro atoms. The van der Waals surface area contributed by atoms with Gasteiger partial charge in [-0.15, -0.1) is 0 Å². The molecule has 3 rings (SSSR count). The molecule has 78 valence electrons. The molecule has 0 atom stereocenters. The third kappa shape index (κ3) is 1.59. The number of rotatable bonds is 1. The van der Waals surface area contributed by atoms with Gasteiger partial charge in [0.1, 0.15) is 0 Å². The first-order chi connectivity index (χ1) is 7.86. The molecule has 0 heterocycles. The van der Waals surface area contributed by atoms with Crippen LogP contribution in [0.2, 0.25) is 0 Å². The molecule has 0 aromatic heterocycles. The fourth-order valence-electron chi connectivity index (χ4n) is 2.24. The molecule has 0 nitrogen and oxygen atoms in total. The van der Waals surface area contributed by atoms with Crippen molar-refractivity contribution >= 4 is 28.2 Å². The van der Waals surface area contributed by atoms with Crippen LogP contribution in [0.15, 0.2) is 58.2 Å². The van der Waals surface area contributed by atoms with E-state index in [1.807, 2.05) is 0 Å². The van der Waals surface area contributed by atoms with Crippen LogP contribution in [0.3, 0.4) is 0 Å². The van der Waals surface area contributed by atoms with Crippen molar-refractivity contribution in [3.05, 3.63) is 74.9 Å². The smallest absolute Gasteiger partial charge is 0.00451 e. The maximum atomic E-state index is 2.47. The van der Waals surface area contributed by atoms with Gasteiger partial charge < -0.3 is 0 Å². The molecule has 1 heteroatoms. The Hall–Kier alpha value is -1.09. The molecule has 1 aliphatic carbocycles. The summed E-state index contributed by atoms with van der Waals surface area (Å²) in [6, 6.07) is 19.4. The Kier molecular flexibility index (Phi) is 2.56. The summed E-state index contributed by atoms with van der Waals surface area (Å²) in [6.45, 7) is 0. The number of hydrogen-bond donors (Lipinski definition) is 0. The Morgan fingerprint density at radius 3 is 2.31 bits per heavy atom. The number of benzene rings is 2. The van der Waals surface area contributed by atoms with Crippen molar-refractivity contribution in [1.82, 2.24) is 0 Å². The van der Waals surface area contributed by atoms with E-state index in [9.17, 15) is 0 Å². The highest BCUT2D eigenvalue weighted by Crippen LogP contribution is 2.39. The highest BCUT2D eigenvalue weighted by Gasteiger charge is 2.19. The maximum absolute atomic E-state index is 2.47. The van der Waals surface area contributed by atoms with Gasteiger partial charge in [0.25, 0.3) is 0 Å². The lowest BCUT2D eigenvalue weighted by molar-refractivity contribution is 1.30. The van der Waals surface area contributed by atoms with Crippen molar-refractivity contribution in [2.75, 3.05) is 0 Å². The molecule has 0 aliphatic heterocycles. The molecule has 0 unspecified atom stereocenters. The van der Waals surface area contributed by atoms with Gasteiger partial charge in [-0.25, -0.2) is 0 Å². The second-order valence-electron chi connectivity index (χ2n) is 3.98. The Labute approximate surface area is 109 Å². The molecule has 0 saturated carbocycles. The van der Waals surface area contributed by atoms with Crippen LogP contribution in [0.25, 0.3) is 5.57 Å². The molecule has 0 radical (unpaired) electrons. The largest absolute Gasteiger partial charge is 0.0622 e. The first kappa shape index (κ1) is 10.1. The van der Waals surface area contributed by atoms with Crippen LogP contribution in [0.5, 0.6) is 0 Å². The van der Waals surface area contributed by atoms with Crippen LogP contribution in [-0.4, -0.2) is 0 Å². The van der Waals surface area contributed by atoms with Gasteiger partial charge in [-0.3, -0.25) is 0 Å². The molecule has 0 bridgehead atoms. The molecule has 1 aliphatic rings. The minimum absolute atomic E-state index is 1.08. The van der Waals surface area contributed by atoms with Gasteiger partial charge in [-0.2, -0.15) is 0 Å². The molecular weight excluding hydrogens is 307 g/mol. The van der Waals surface area contributed by atoms with Crippen molar-refractivity contribution in [3.63, 3.8) is 0 Å². The third-order valence-electron chi connectivity index (χ3n) is 2.97. The van der Waals surface area contributed by atoms with Crippen LogP contribution in [-0.2, 0) is 6.42 Å². The lowest BCUT2D eigenvalue weighted by Crippen LogP contribution is -1.85. The highest BCUT2D eigenvalue weighted by atomic mass is 127. The summed E-state index contributed by atoms with van der Waals surface area (Å²) in [4.78, 5) is 0. The highest BCUT2D eigenvalue weighted by molar-refractivity contribution is 14.1. The standard InChI is InChI=1S/C15H11I/c16-14-10-12-8-4-5-9-13(12)15(14)11-6-2-1-3-7-11/h1-9H,10H2. The van der Waals surface area contributed by atoms with E-state index in [0.717, 1.165) is 6.42 Å². The van der Waals surface area contributed by atoms with Crippen molar-refractivity contribution in [2.45, 2.75) is 6.42 Å². The van der Waals surface area contributed by atoms with Crippen LogP contribution in [0.4, 0.5) is 0 Å². The normalized spacial score (nSPS) is 14.1. The monoisotopic (exact) mass is 318 g/mol. The Balaban J connectivity index is 2.19. The molecule has 0 fully saturated rings. The van der Waals surface area contributed by atoms with Crippen LogP contribution < -0.4 is 0 Å². The van der Waals surface area contributed by atoms with Crippen molar-refractivity contribution < 1.29 is 0 Å². The van der Waals surface area contributed by atoms with Crippen molar-refractivity contribution in [1.29, 1.82) is 0 Å². The lowest BCUT2D eigenvalue weighted by atomic mass is 9.99. The first-order valence-electron chi connectivity index (χ1n) is 5.38. The minimum Gasteiger partial charge on any atom is -0.0622 e. The Bertz CT molecular complexity index is 553. The number of hydrogen-bond acceptors (Lipinski definition) is 0. The number of allylic oxidation sites excluding steroid dienone is 1. The minimum atomic E-state index is 1.08. The van der Waals surface area contributed by atoms with E-state index in [1.165, 1.54) is 25.8 Å². The van der Waals surface area contributed by atoms with E-state index in [2.05, 4.69) is 77.2 Å². The van der Waals surface area contributed by atoms with Gasteiger partial charge in [0, 0.05) is 10.0 Å². The van der Waals surface area contributed by atoms with Gasteiger partial charge in [0.15, 0.2) is 0 Å². The number of halogens is 1. The van der Waals surface area contributed by atoms with Crippen LogP contribution in [0.1, 0.15) is 16.7 Å². The summed E-state index contributed by atoms with van der Waals surface area (Å²) in [5.41, 5.74) is 5.59. The number of fused-ring (bicyclic) bond motifs is 1.